The summed E-state index contributed by atoms with van der Waals surface area (Å²) in [4.78, 5) is 13.9. The number of fused-ring (bicyclic) bond motifs is 3. The Morgan fingerprint density at radius 2 is 1.83 bits per heavy atom. The van der Waals surface area contributed by atoms with E-state index in [0.29, 0.717) is 22.6 Å². The van der Waals surface area contributed by atoms with Gasteiger partial charge in [-0.2, -0.15) is 0 Å². The number of halogens is 3. The van der Waals surface area contributed by atoms with Crippen LogP contribution in [0.4, 0.5) is 18.9 Å². The predicted molar refractivity (Wildman–Crippen MR) is 146 cm³/mol. The van der Waals surface area contributed by atoms with Crippen molar-refractivity contribution in [2.24, 2.45) is 0 Å². The molecule has 0 spiro atoms. The van der Waals surface area contributed by atoms with Crippen molar-refractivity contribution in [3.05, 3.63) is 65.1 Å². The lowest BCUT2D eigenvalue weighted by molar-refractivity contribution is -0.274. The molecule has 7 rings (SSSR count). The van der Waals surface area contributed by atoms with E-state index in [-0.39, 0.29) is 47.8 Å². The van der Waals surface area contributed by atoms with Gasteiger partial charge in [-0.05, 0) is 81.3 Å². The van der Waals surface area contributed by atoms with Crippen molar-refractivity contribution in [1.82, 2.24) is 5.16 Å². The maximum Gasteiger partial charge on any atom is 0.573 e. The number of nitrogens with zero attached hydrogens (tertiary/aromatic N) is 2. The van der Waals surface area contributed by atoms with Crippen LogP contribution < -0.4 is 9.64 Å². The van der Waals surface area contributed by atoms with Gasteiger partial charge >= 0.3 is 12.3 Å². The normalized spacial score (nSPS) is 22.2. The molecule has 2 aromatic carbocycles. The summed E-state index contributed by atoms with van der Waals surface area (Å²) in [5.74, 6) is -0.624. The number of piperidine rings is 1. The minimum Gasteiger partial charge on any atom is -0.475 e. The number of alkyl halides is 3. The van der Waals surface area contributed by atoms with Crippen molar-refractivity contribution in [2.75, 3.05) is 4.90 Å². The largest absolute Gasteiger partial charge is 0.573 e. The minimum atomic E-state index is -4.83. The van der Waals surface area contributed by atoms with Crippen molar-refractivity contribution < 1.29 is 41.5 Å². The molecule has 1 aliphatic carbocycles. The van der Waals surface area contributed by atoms with Crippen LogP contribution in [0.2, 0.25) is 0 Å². The second-order valence-electron chi connectivity index (χ2n) is 11.4. The molecule has 11 heteroatoms. The molecule has 0 amide bonds. The molecule has 2 saturated heterocycles. The van der Waals surface area contributed by atoms with Gasteiger partial charge in [0.2, 0.25) is 5.76 Å². The molecule has 8 nitrogen and oxygen atoms in total. The van der Waals surface area contributed by atoms with Crippen LogP contribution in [0, 0.1) is 6.92 Å². The van der Waals surface area contributed by atoms with Gasteiger partial charge in [-0.1, -0.05) is 17.3 Å². The summed E-state index contributed by atoms with van der Waals surface area (Å²) < 4.78 is 61.3. The van der Waals surface area contributed by atoms with Crippen LogP contribution in [-0.2, 0) is 11.3 Å². The molecule has 1 N–H and O–H groups in total. The van der Waals surface area contributed by atoms with Crippen LogP contribution in [0.1, 0.15) is 71.9 Å². The number of aryl methyl sites for hydroxylation is 1. The average Bonchev–Trinajstić information content (AvgIpc) is 3.44. The van der Waals surface area contributed by atoms with E-state index in [1.165, 1.54) is 12.1 Å². The molecular formula is C31H29F3N2O6. The molecule has 2 unspecified atom stereocenters. The highest BCUT2D eigenvalue weighted by atomic mass is 19.4. The van der Waals surface area contributed by atoms with E-state index in [1.54, 1.807) is 18.2 Å². The average molecular weight is 583 g/mol. The summed E-state index contributed by atoms with van der Waals surface area (Å²) in [5.41, 5.74) is 3.84. The van der Waals surface area contributed by atoms with Gasteiger partial charge in [0.15, 0.2) is 0 Å². The maximum absolute atomic E-state index is 13.1. The molecule has 1 saturated carbocycles. The first-order valence-corrected chi connectivity index (χ1v) is 14.2. The van der Waals surface area contributed by atoms with Crippen molar-refractivity contribution >= 4 is 22.6 Å². The van der Waals surface area contributed by atoms with Crippen LogP contribution in [0.5, 0.6) is 5.75 Å². The van der Waals surface area contributed by atoms with Crippen LogP contribution in [0.25, 0.3) is 22.2 Å². The van der Waals surface area contributed by atoms with Gasteiger partial charge in [0.1, 0.15) is 22.8 Å². The third kappa shape index (κ3) is 4.89. The topological polar surface area (TPSA) is 98.2 Å². The first kappa shape index (κ1) is 26.9. The van der Waals surface area contributed by atoms with Gasteiger partial charge in [0.05, 0.1) is 12.7 Å². The van der Waals surface area contributed by atoms with E-state index < -0.39 is 12.3 Å². The van der Waals surface area contributed by atoms with Crippen molar-refractivity contribution in [2.45, 2.75) is 82.5 Å². The highest BCUT2D eigenvalue weighted by Gasteiger charge is 2.42. The first-order chi connectivity index (χ1) is 20.2. The Kier molecular flexibility index (Phi) is 6.45. The number of furan rings is 1. The Bertz CT molecular complexity index is 1640. The van der Waals surface area contributed by atoms with Gasteiger partial charge in [0.25, 0.3) is 0 Å². The monoisotopic (exact) mass is 582 g/mol. The summed E-state index contributed by atoms with van der Waals surface area (Å²) in [6, 6.07) is 11.9. The fourth-order valence-electron chi connectivity index (χ4n) is 6.70. The van der Waals surface area contributed by atoms with E-state index in [2.05, 4.69) is 14.8 Å². The fourth-order valence-corrected chi connectivity index (χ4v) is 6.70. The molecule has 3 fully saturated rings. The lowest BCUT2D eigenvalue weighted by Crippen LogP contribution is -2.45. The van der Waals surface area contributed by atoms with E-state index >= 15 is 0 Å². The number of anilines is 1. The van der Waals surface area contributed by atoms with Crippen LogP contribution >= 0.6 is 0 Å². The zero-order valence-electron chi connectivity index (χ0n) is 22.8. The van der Waals surface area contributed by atoms with Gasteiger partial charge in [-0.15, -0.1) is 13.2 Å². The molecule has 2 bridgehead atoms. The second-order valence-corrected chi connectivity index (χ2v) is 11.4. The number of para-hydroxylation sites is 1. The predicted octanol–water partition coefficient (Wildman–Crippen LogP) is 7.59. The standard InChI is InChI=1S/C31H29F3N2O6/c1-16-22-14-27(30(37)38)40-25(22)11-10-24(16)36-18-8-9-19(36)13-20(12-18)39-15-23-28(35-42-29(23)17-6-7-17)21-4-2-3-5-26(21)41-31(32,33)34/h2-5,10-11,14,17-20H,6-9,12-13,15H2,1H3,(H,37,38)/t18-,19?,20?/m0/s1. The molecule has 4 aromatic rings. The number of rotatable bonds is 8. The summed E-state index contributed by atoms with van der Waals surface area (Å²) in [6.07, 6.45) is 0.649. The Morgan fingerprint density at radius 3 is 2.52 bits per heavy atom. The lowest BCUT2D eigenvalue weighted by atomic mass is 9.96. The Balaban J connectivity index is 1.11. The molecule has 3 aliphatic rings. The zero-order chi connectivity index (χ0) is 29.2. The Labute approximate surface area is 239 Å². The SMILES string of the molecule is Cc1c(N2C3CC[C@H]2CC(OCc2c(-c4ccccc4OC(F)(F)F)noc2C2CC2)C3)ccc2oc(C(=O)O)cc12. The Hall–Kier alpha value is -3.99. The molecule has 220 valence electrons. The number of carboxylic acid groups (broad SMARTS) is 1. The number of carboxylic acids is 1. The van der Waals surface area contributed by atoms with Gasteiger partial charge in [0, 0.05) is 40.2 Å². The smallest absolute Gasteiger partial charge is 0.475 e. The number of ether oxygens (including phenoxy) is 2. The Morgan fingerprint density at radius 1 is 1.10 bits per heavy atom. The second kappa shape index (κ2) is 10.1. The van der Waals surface area contributed by atoms with E-state index in [9.17, 15) is 23.1 Å². The number of aromatic nitrogens is 1. The molecule has 3 atom stereocenters. The molecule has 2 aliphatic heterocycles. The molecule has 0 radical (unpaired) electrons. The number of hydrogen-bond acceptors (Lipinski definition) is 7. The first-order valence-electron chi connectivity index (χ1n) is 14.2. The molecule has 4 heterocycles. The number of hydrogen-bond donors (Lipinski definition) is 1. The van der Waals surface area contributed by atoms with Crippen molar-refractivity contribution in [1.29, 1.82) is 0 Å². The molecular weight excluding hydrogens is 553 g/mol. The minimum absolute atomic E-state index is 0.0354. The summed E-state index contributed by atoms with van der Waals surface area (Å²) in [7, 11) is 0. The molecule has 2 aromatic heterocycles. The van der Waals surface area contributed by atoms with E-state index in [1.807, 2.05) is 19.1 Å². The van der Waals surface area contributed by atoms with Crippen molar-refractivity contribution in [3.8, 4) is 17.0 Å². The maximum atomic E-state index is 13.1. The third-order valence-electron chi connectivity index (χ3n) is 8.72. The summed E-state index contributed by atoms with van der Waals surface area (Å²) in [5, 5.41) is 14.3. The van der Waals surface area contributed by atoms with Gasteiger partial charge in [-0.25, -0.2) is 4.79 Å². The van der Waals surface area contributed by atoms with E-state index in [0.717, 1.165) is 55.2 Å². The van der Waals surface area contributed by atoms with Gasteiger partial charge in [-0.3, -0.25) is 0 Å². The zero-order valence-corrected chi connectivity index (χ0v) is 22.8. The number of aromatic carboxylic acids is 1. The number of benzene rings is 2. The lowest BCUT2D eigenvalue weighted by Gasteiger charge is -2.41. The third-order valence-corrected chi connectivity index (χ3v) is 8.72. The summed E-state index contributed by atoms with van der Waals surface area (Å²) >= 11 is 0. The van der Waals surface area contributed by atoms with Crippen LogP contribution in [-0.4, -0.2) is 40.8 Å². The summed E-state index contributed by atoms with van der Waals surface area (Å²) in [6.45, 7) is 2.18. The fraction of sp³-hybridized carbons (Fsp3) is 0.419. The van der Waals surface area contributed by atoms with Crippen LogP contribution in [0.3, 0.4) is 0 Å². The highest BCUT2D eigenvalue weighted by Crippen LogP contribution is 2.47. The van der Waals surface area contributed by atoms with Crippen molar-refractivity contribution in [3.63, 3.8) is 0 Å². The van der Waals surface area contributed by atoms with Gasteiger partial charge < -0.3 is 28.4 Å². The quantitative estimate of drug-likeness (QED) is 0.227. The van der Waals surface area contributed by atoms with E-state index in [4.69, 9.17) is 13.7 Å². The van der Waals surface area contributed by atoms with Crippen LogP contribution in [0.15, 0.2) is 51.4 Å². The molecule has 42 heavy (non-hydrogen) atoms. The highest BCUT2D eigenvalue weighted by molar-refractivity contribution is 5.94. The number of carbonyl (C=O) groups is 1.